The second kappa shape index (κ2) is 4.04. The maximum Gasteiger partial charge on any atom is 0.134 e. The first-order chi connectivity index (χ1) is 4.56. The average Bonchev–Trinajstić information content (AvgIpc) is 1.78. The fourth-order valence-corrected chi connectivity index (χ4v) is 0.364. The molecular weight excluding hydrogens is 126 g/mol. The summed E-state index contributed by atoms with van der Waals surface area (Å²) < 4.78 is 0. The number of aliphatic imine (C=N–C) groups is 1. The normalized spacial score (nSPS) is 11.9. The van der Waals surface area contributed by atoms with E-state index in [-0.39, 0.29) is 5.41 Å². The van der Waals surface area contributed by atoms with Crippen LogP contribution in [0.4, 0.5) is 0 Å². The van der Waals surface area contributed by atoms with Crippen molar-refractivity contribution >= 4 is 13.1 Å². The number of hydrazone groups is 1. The molecule has 0 aliphatic carbocycles. The van der Waals surface area contributed by atoms with E-state index in [1.54, 1.807) is 0 Å². The maximum absolute atomic E-state index is 3.77. The molecular formula is C7H15N3. The van der Waals surface area contributed by atoms with Crippen LogP contribution in [0.1, 0.15) is 20.8 Å². The predicted octanol–water partition coefficient (Wildman–Crippen LogP) is 1.27. The summed E-state index contributed by atoms with van der Waals surface area (Å²) in [5.41, 5.74) is 3.12. The molecule has 3 nitrogen and oxygen atoms in total. The van der Waals surface area contributed by atoms with E-state index in [9.17, 15) is 0 Å². The molecule has 0 rings (SSSR count). The van der Waals surface area contributed by atoms with Crippen molar-refractivity contribution in [1.29, 1.82) is 0 Å². The van der Waals surface area contributed by atoms with Gasteiger partial charge in [-0.15, -0.1) is 0 Å². The van der Waals surface area contributed by atoms with Gasteiger partial charge in [0.1, 0.15) is 6.34 Å². The molecule has 3 heteroatoms. The molecule has 0 atom stereocenters. The number of rotatable bonds is 3. The van der Waals surface area contributed by atoms with Gasteiger partial charge in [0.05, 0.1) is 0 Å². The van der Waals surface area contributed by atoms with E-state index in [1.165, 1.54) is 6.34 Å². The molecule has 0 saturated carbocycles. The molecule has 0 saturated heterocycles. The van der Waals surface area contributed by atoms with Crippen molar-refractivity contribution in [2.45, 2.75) is 20.8 Å². The Morgan fingerprint density at radius 3 is 2.50 bits per heavy atom. The molecule has 1 N–H and O–H groups in total. The lowest BCUT2D eigenvalue weighted by Crippen LogP contribution is -2.22. The van der Waals surface area contributed by atoms with E-state index in [1.807, 2.05) is 0 Å². The van der Waals surface area contributed by atoms with Crippen molar-refractivity contribution in [3.05, 3.63) is 0 Å². The third-order valence-electron chi connectivity index (χ3n) is 0.840. The second-order valence-electron chi connectivity index (χ2n) is 3.32. The van der Waals surface area contributed by atoms with Gasteiger partial charge in [0.15, 0.2) is 0 Å². The molecule has 0 unspecified atom stereocenters. The summed E-state index contributed by atoms with van der Waals surface area (Å²) in [5, 5.41) is 3.77. The molecule has 0 aromatic carbocycles. The van der Waals surface area contributed by atoms with Gasteiger partial charge in [-0.25, -0.2) is 0 Å². The Morgan fingerprint density at radius 2 is 2.10 bits per heavy atom. The zero-order valence-electron chi connectivity index (χ0n) is 6.89. The van der Waals surface area contributed by atoms with E-state index in [0.717, 1.165) is 6.54 Å². The Labute approximate surface area is 62.2 Å². The lowest BCUT2D eigenvalue weighted by Gasteiger charge is -2.16. The molecule has 10 heavy (non-hydrogen) atoms. The van der Waals surface area contributed by atoms with Crippen molar-refractivity contribution in [1.82, 2.24) is 5.43 Å². The Bertz CT molecular complexity index is 121. The van der Waals surface area contributed by atoms with Crippen molar-refractivity contribution in [2.24, 2.45) is 15.5 Å². The number of hydrogen-bond donors (Lipinski definition) is 1. The quantitative estimate of drug-likeness (QED) is 0.358. The number of nitrogens with zero attached hydrogens (tertiary/aromatic N) is 2. The van der Waals surface area contributed by atoms with Crippen LogP contribution in [0, 0.1) is 5.41 Å². The highest BCUT2D eigenvalue weighted by Gasteiger charge is 2.07. The standard InChI is InChI=1S/C7H15N3/c1-7(2,3)5-9-10-6-8-4/h6,9H,4-5H2,1-3H3/b10-6-. The largest absolute Gasteiger partial charge is 0.308 e. The zero-order chi connectivity index (χ0) is 8.04. The fraction of sp³-hybridized carbons (Fsp3) is 0.714. The van der Waals surface area contributed by atoms with E-state index in [0.29, 0.717) is 0 Å². The van der Waals surface area contributed by atoms with Gasteiger partial charge < -0.3 is 5.43 Å². The van der Waals surface area contributed by atoms with E-state index in [4.69, 9.17) is 0 Å². The molecule has 0 heterocycles. The SMILES string of the molecule is C=N/C=N\NCC(C)(C)C. The molecule has 0 bridgehead atoms. The topological polar surface area (TPSA) is 36.8 Å². The van der Waals surface area contributed by atoms with Crippen LogP contribution in [0.5, 0.6) is 0 Å². The van der Waals surface area contributed by atoms with Crippen molar-refractivity contribution in [3.8, 4) is 0 Å². The fourth-order valence-electron chi connectivity index (χ4n) is 0.364. The monoisotopic (exact) mass is 141 g/mol. The van der Waals surface area contributed by atoms with Crippen LogP contribution in [0.2, 0.25) is 0 Å². The number of nitrogens with one attached hydrogen (secondary N) is 1. The van der Waals surface area contributed by atoms with Gasteiger partial charge in [-0.3, -0.25) is 4.99 Å². The number of hydrogen-bond acceptors (Lipinski definition) is 2. The van der Waals surface area contributed by atoms with Crippen LogP contribution in [-0.4, -0.2) is 19.6 Å². The van der Waals surface area contributed by atoms with Gasteiger partial charge in [-0.1, -0.05) is 20.8 Å². The highest BCUT2D eigenvalue weighted by Crippen LogP contribution is 2.09. The predicted molar refractivity (Wildman–Crippen MR) is 45.5 cm³/mol. The van der Waals surface area contributed by atoms with Crippen LogP contribution in [0.15, 0.2) is 10.1 Å². The Kier molecular flexibility index (Phi) is 3.69. The lowest BCUT2D eigenvalue weighted by atomic mass is 9.98. The van der Waals surface area contributed by atoms with E-state index < -0.39 is 0 Å². The van der Waals surface area contributed by atoms with Crippen molar-refractivity contribution in [3.63, 3.8) is 0 Å². The van der Waals surface area contributed by atoms with Crippen LogP contribution >= 0.6 is 0 Å². The Hall–Kier alpha value is -0.860. The molecule has 0 aromatic heterocycles. The van der Waals surface area contributed by atoms with Gasteiger partial charge in [-0.05, 0) is 12.1 Å². The summed E-state index contributed by atoms with van der Waals surface area (Å²) in [6.07, 6.45) is 1.39. The summed E-state index contributed by atoms with van der Waals surface area (Å²) in [4.78, 5) is 3.45. The van der Waals surface area contributed by atoms with Crippen LogP contribution in [0.25, 0.3) is 0 Å². The molecule has 0 radical (unpaired) electrons. The van der Waals surface area contributed by atoms with Gasteiger partial charge in [0, 0.05) is 6.54 Å². The van der Waals surface area contributed by atoms with Gasteiger partial charge in [-0.2, -0.15) is 5.10 Å². The minimum absolute atomic E-state index is 0.262. The first kappa shape index (κ1) is 9.14. The molecule has 0 aliphatic rings. The highest BCUT2D eigenvalue weighted by atomic mass is 15.3. The molecule has 0 aromatic rings. The lowest BCUT2D eigenvalue weighted by molar-refractivity contribution is 0.386. The van der Waals surface area contributed by atoms with E-state index >= 15 is 0 Å². The Balaban J connectivity index is 3.37. The van der Waals surface area contributed by atoms with Crippen LogP contribution < -0.4 is 5.43 Å². The van der Waals surface area contributed by atoms with E-state index in [2.05, 4.69) is 43.0 Å². The maximum atomic E-state index is 3.77. The summed E-state index contributed by atoms with van der Waals surface area (Å²) in [6.45, 7) is 10.5. The molecule has 0 aliphatic heterocycles. The summed E-state index contributed by atoms with van der Waals surface area (Å²) in [5.74, 6) is 0. The van der Waals surface area contributed by atoms with Gasteiger partial charge in [0.25, 0.3) is 0 Å². The first-order valence-corrected chi connectivity index (χ1v) is 3.26. The van der Waals surface area contributed by atoms with Crippen molar-refractivity contribution in [2.75, 3.05) is 6.54 Å². The van der Waals surface area contributed by atoms with Gasteiger partial charge >= 0.3 is 0 Å². The van der Waals surface area contributed by atoms with Crippen LogP contribution in [0.3, 0.4) is 0 Å². The summed E-state index contributed by atoms with van der Waals surface area (Å²) in [7, 11) is 0. The Morgan fingerprint density at radius 1 is 1.50 bits per heavy atom. The molecule has 58 valence electrons. The third-order valence-corrected chi connectivity index (χ3v) is 0.840. The highest BCUT2D eigenvalue weighted by molar-refractivity contribution is 5.61. The average molecular weight is 141 g/mol. The van der Waals surface area contributed by atoms with Crippen molar-refractivity contribution < 1.29 is 0 Å². The summed E-state index contributed by atoms with van der Waals surface area (Å²) >= 11 is 0. The minimum Gasteiger partial charge on any atom is -0.308 e. The van der Waals surface area contributed by atoms with Crippen LogP contribution in [-0.2, 0) is 0 Å². The third kappa shape index (κ3) is 7.14. The zero-order valence-corrected chi connectivity index (χ0v) is 6.89. The second-order valence-corrected chi connectivity index (χ2v) is 3.32. The molecule has 0 spiro atoms. The summed E-state index contributed by atoms with van der Waals surface area (Å²) in [6, 6.07) is 0. The first-order valence-electron chi connectivity index (χ1n) is 3.26. The molecule has 0 amide bonds. The minimum atomic E-state index is 0.262. The molecule has 0 fully saturated rings. The van der Waals surface area contributed by atoms with Gasteiger partial charge in [0.2, 0.25) is 0 Å². The smallest absolute Gasteiger partial charge is 0.134 e.